The van der Waals surface area contributed by atoms with Crippen molar-refractivity contribution in [3.8, 4) is 0 Å². The molecule has 1 aliphatic heterocycles. The first-order valence-corrected chi connectivity index (χ1v) is 12.7. The molecule has 0 atom stereocenters. The number of rotatable bonds is 7. The lowest BCUT2D eigenvalue weighted by Crippen LogP contribution is -2.48. The summed E-state index contributed by atoms with van der Waals surface area (Å²) in [5.41, 5.74) is 1.09. The number of anilines is 3. The van der Waals surface area contributed by atoms with E-state index in [-0.39, 0.29) is 10.1 Å². The van der Waals surface area contributed by atoms with Gasteiger partial charge in [0.25, 0.3) is 10.0 Å². The van der Waals surface area contributed by atoms with E-state index in [1.807, 2.05) is 36.1 Å². The van der Waals surface area contributed by atoms with Crippen molar-refractivity contribution in [1.82, 2.24) is 24.8 Å². The molecule has 3 aromatic rings. The fraction of sp³-hybridized carbons (Fsp3) is 0.333. The van der Waals surface area contributed by atoms with Crippen LogP contribution in [0.3, 0.4) is 0 Å². The molecule has 1 aliphatic rings. The minimum absolute atomic E-state index is 0.150. The van der Waals surface area contributed by atoms with E-state index in [1.54, 1.807) is 18.3 Å². The Balaban J connectivity index is 1.35. The van der Waals surface area contributed by atoms with Crippen molar-refractivity contribution in [2.75, 3.05) is 36.4 Å². The largest absolute Gasteiger partial charge is 0.352 e. The van der Waals surface area contributed by atoms with E-state index in [1.165, 1.54) is 22.6 Å². The van der Waals surface area contributed by atoms with Crippen molar-refractivity contribution in [3.63, 3.8) is 0 Å². The third-order valence-electron chi connectivity index (χ3n) is 5.13. The van der Waals surface area contributed by atoms with E-state index in [4.69, 9.17) is 0 Å². The summed E-state index contributed by atoms with van der Waals surface area (Å²) in [6.07, 6.45) is 1.73. The number of thiophene rings is 1. The van der Waals surface area contributed by atoms with Gasteiger partial charge in [-0.1, -0.05) is 0 Å². The molecule has 12 heteroatoms. The van der Waals surface area contributed by atoms with E-state index >= 15 is 0 Å². The second-order valence-electron chi connectivity index (χ2n) is 7.64. The summed E-state index contributed by atoms with van der Waals surface area (Å²) in [4.78, 5) is 18.1. The van der Waals surface area contributed by atoms with Gasteiger partial charge in [0.2, 0.25) is 5.91 Å². The van der Waals surface area contributed by atoms with Crippen molar-refractivity contribution in [3.05, 3.63) is 53.0 Å². The standard InChI is InChI=1S/C21H25N7O3S2/c1-15-7-8-22-19(13-15)24-18-4-5-20(26-25-18)27-9-11-28(12-10-27)33(30,31)21-6-3-17(32-21)14-23-16(2)29/h3-8,13H,9-12,14H2,1-2H3,(H,23,29)(H,22,24,25). The maximum atomic E-state index is 13.0. The molecule has 174 valence electrons. The molecule has 1 fully saturated rings. The molecular formula is C21H25N7O3S2. The number of aromatic nitrogens is 3. The normalized spacial score (nSPS) is 14.8. The zero-order valence-electron chi connectivity index (χ0n) is 18.4. The fourth-order valence-corrected chi connectivity index (χ4v) is 6.26. The highest BCUT2D eigenvalue weighted by Crippen LogP contribution is 2.26. The van der Waals surface area contributed by atoms with E-state index < -0.39 is 10.0 Å². The number of sulfonamides is 1. The molecule has 2 N–H and O–H groups in total. The number of hydrogen-bond acceptors (Lipinski definition) is 9. The Labute approximate surface area is 196 Å². The molecule has 1 saturated heterocycles. The monoisotopic (exact) mass is 487 g/mol. The van der Waals surface area contributed by atoms with E-state index in [0.29, 0.717) is 50.2 Å². The van der Waals surface area contributed by atoms with Crippen molar-refractivity contribution in [1.29, 1.82) is 0 Å². The molecule has 4 rings (SSSR count). The van der Waals surface area contributed by atoms with Gasteiger partial charge < -0.3 is 15.5 Å². The molecule has 0 radical (unpaired) electrons. The average Bonchev–Trinajstić information content (AvgIpc) is 3.28. The fourth-order valence-electron chi connectivity index (χ4n) is 3.38. The zero-order valence-corrected chi connectivity index (χ0v) is 20.0. The van der Waals surface area contributed by atoms with Crippen LogP contribution >= 0.6 is 11.3 Å². The average molecular weight is 488 g/mol. The Bertz CT molecular complexity index is 1220. The molecule has 0 spiro atoms. The van der Waals surface area contributed by atoms with Crippen molar-refractivity contribution >= 4 is 44.7 Å². The Morgan fingerprint density at radius 2 is 1.85 bits per heavy atom. The van der Waals surface area contributed by atoms with Crippen molar-refractivity contribution in [2.45, 2.75) is 24.6 Å². The lowest BCUT2D eigenvalue weighted by molar-refractivity contribution is -0.119. The molecule has 10 nitrogen and oxygen atoms in total. The second-order valence-corrected chi connectivity index (χ2v) is 11.0. The highest BCUT2D eigenvalue weighted by Gasteiger charge is 2.30. The Morgan fingerprint density at radius 3 is 2.52 bits per heavy atom. The van der Waals surface area contributed by atoms with Crippen LogP contribution in [0.25, 0.3) is 0 Å². The van der Waals surface area contributed by atoms with Gasteiger partial charge in [-0.3, -0.25) is 4.79 Å². The van der Waals surface area contributed by atoms with Crippen LogP contribution in [0.2, 0.25) is 0 Å². The summed E-state index contributed by atoms with van der Waals surface area (Å²) < 4.78 is 27.8. The minimum Gasteiger partial charge on any atom is -0.352 e. The van der Waals surface area contributed by atoms with Gasteiger partial charge >= 0.3 is 0 Å². The molecule has 0 bridgehead atoms. The summed E-state index contributed by atoms with van der Waals surface area (Å²) >= 11 is 1.18. The number of hydrogen-bond donors (Lipinski definition) is 2. The Kier molecular flexibility index (Phi) is 6.86. The molecule has 0 saturated carbocycles. The third kappa shape index (κ3) is 5.64. The number of pyridine rings is 1. The highest BCUT2D eigenvalue weighted by molar-refractivity contribution is 7.91. The maximum Gasteiger partial charge on any atom is 0.252 e. The van der Waals surface area contributed by atoms with E-state index in [0.717, 1.165) is 10.4 Å². The second kappa shape index (κ2) is 9.81. The number of aryl methyl sites for hydroxylation is 1. The van der Waals surface area contributed by atoms with Crippen LogP contribution in [0, 0.1) is 6.92 Å². The minimum atomic E-state index is -3.57. The summed E-state index contributed by atoms with van der Waals surface area (Å²) in [6, 6.07) is 10.9. The van der Waals surface area contributed by atoms with Crippen molar-refractivity contribution in [2.24, 2.45) is 0 Å². The van der Waals surface area contributed by atoms with E-state index in [2.05, 4.69) is 25.8 Å². The summed E-state index contributed by atoms with van der Waals surface area (Å²) in [5, 5.41) is 14.3. The van der Waals surface area contributed by atoms with Gasteiger partial charge in [0, 0.05) is 44.2 Å². The maximum absolute atomic E-state index is 13.0. The quantitative estimate of drug-likeness (QED) is 0.520. The first-order valence-electron chi connectivity index (χ1n) is 10.4. The first kappa shape index (κ1) is 23.1. The van der Waals surface area contributed by atoms with Crippen LogP contribution in [0.5, 0.6) is 0 Å². The predicted octanol–water partition coefficient (Wildman–Crippen LogP) is 2.13. The van der Waals surface area contributed by atoms with Gasteiger partial charge in [-0.25, -0.2) is 13.4 Å². The van der Waals surface area contributed by atoms with Gasteiger partial charge in [0.15, 0.2) is 11.6 Å². The number of carbonyl (C=O) groups is 1. The molecule has 1 amide bonds. The van der Waals surface area contributed by atoms with Crippen LogP contribution in [-0.2, 0) is 21.4 Å². The van der Waals surface area contributed by atoms with Gasteiger partial charge in [-0.2, -0.15) is 4.31 Å². The number of amides is 1. The first-order chi connectivity index (χ1) is 15.8. The summed E-state index contributed by atoms with van der Waals surface area (Å²) in [7, 11) is -3.57. The van der Waals surface area contributed by atoms with E-state index in [9.17, 15) is 13.2 Å². The van der Waals surface area contributed by atoms with Gasteiger partial charge in [-0.05, 0) is 48.9 Å². The zero-order chi connectivity index (χ0) is 23.4. The molecule has 0 aromatic carbocycles. The van der Waals surface area contributed by atoms with Gasteiger partial charge in [0.1, 0.15) is 10.0 Å². The molecule has 0 unspecified atom stereocenters. The lowest BCUT2D eigenvalue weighted by Gasteiger charge is -2.34. The van der Waals surface area contributed by atoms with Crippen LogP contribution in [-0.4, -0.2) is 60.0 Å². The number of piperazine rings is 1. The van der Waals surface area contributed by atoms with Gasteiger partial charge in [-0.15, -0.1) is 21.5 Å². The smallest absolute Gasteiger partial charge is 0.252 e. The topological polar surface area (TPSA) is 120 Å². The SMILES string of the molecule is CC(=O)NCc1ccc(S(=O)(=O)N2CCN(c3ccc(Nc4cc(C)ccn4)nn3)CC2)s1. The molecule has 33 heavy (non-hydrogen) atoms. The van der Waals surface area contributed by atoms with Gasteiger partial charge in [0.05, 0.1) is 6.54 Å². The summed E-state index contributed by atoms with van der Waals surface area (Å²) in [5.74, 6) is 1.83. The van der Waals surface area contributed by atoms with Crippen LogP contribution in [0.1, 0.15) is 17.4 Å². The Hall–Kier alpha value is -3.09. The summed E-state index contributed by atoms with van der Waals surface area (Å²) in [6.45, 7) is 5.50. The molecule has 4 heterocycles. The van der Waals surface area contributed by atoms with Crippen LogP contribution in [0.4, 0.5) is 17.5 Å². The third-order valence-corrected chi connectivity index (χ3v) is 8.58. The molecule has 3 aromatic heterocycles. The predicted molar refractivity (Wildman–Crippen MR) is 127 cm³/mol. The molecular weight excluding hydrogens is 462 g/mol. The molecule has 0 aliphatic carbocycles. The lowest BCUT2D eigenvalue weighted by atomic mass is 10.3. The van der Waals surface area contributed by atoms with Crippen LogP contribution in [0.15, 0.2) is 46.8 Å². The number of carbonyl (C=O) groups excluding carboxylic acids is 1. The Morgan fingerprint density at radius 1 is 1.06 bits per heavy atom. The number of nitrogens with zero attached hydrogens (tertiary/aromatic N) is 5. The number of nitrogens with one attached hydrogen (secondary N) is 2. The van der Waals surface area contributed by atoms with Crippen molar-refractivity contribution < 1.29 is 13.2 Å². The highest BCUT2D eigenvalue weighted by atomic mass is 32.2. The van der Waals surface area contributed by atoms with Crippen LogP contribution < -0.4 is 15.5 Å².